The van der Waals surface area contributed by atoms with E-state index in [0.29, 0.717) is 6.54 Å². The lowest BCUT2D eigenvalue weighted by Crippen LogP contribution is -2.45. The smallest absolute Gasteiger partial charge is 0.336 e. The summed E-state index contributed by atoms with van der Waals surface area (Å²) in [5, 5.41) is 33.2. The first kappa shape index (κ1) is 37.2. The van der Waals surface area contributed by atoms with Crippen molar-refractivity contribution < 1.29 is 47.6 Å². The van der Waals surface area contributed by atoms with Crippen molar-refractivity contribution in [2.45, 2.75) is 83.1 Å². The van der Waals surface area contributed by atoms with Crippen LogP contribution in [0.4, 0.5) is 4.39 Å². The topological polar surface area (TPSA) is 194 Å². The van der Waals surface area contributed by atoms with Crippen LogP contribution < -0.4 is 4.72 Å². The molecule has 1 aliphatic heterocycles. The number of nitrogens with one attached hydrogen (secondary N) is 1. The molecular weight excluding hydrogens is 617 g/mol. The maximum absolute atomic E-state index is 13.5. The molecule has 246 valence electrons. The third kappa shape index (κ3) is 10.3. The van der Waals surface area contributed by atoms with Crippen LogP contribution >= 0.6 is 11.3 Å². The number of aromatic nitrogens is 1. The average molecular weight is 660 g/mol. The maximum atomic E-state index is 13.5. The van der Waals surface area contributed by atoms with Gasteiger partial charge in [0.15, 0.2) is 10.7 Å². The van der Waals surface area contributed by atoms with Gasteiger partial charge in [-0.2, -0.15) is 4.39 Å². The van der Waals surface area contributed by atoms with Crippen molar-refractivity contribution in [1.29, 1.82) is 0 Å². The number of aryl methyl sites for hydroxylation is 2. The number of aliphatic hydroxyl groups is 1. The summed E-state index contributed by atoms with van der Waals surface area (Å²) in [4.78, 5) is 38.4. The monoisotopic (exact) mass is 659 g/mol. The molecule has 0 bridgehead atoms. The number of pyridine rings is 1. The number of rotatable bonds is 14. The van der Waals surface area contributed by atoms with E-state index in [1.807, 2.05) is 25.3 Å². The molecule has 1 atom stereocenters. The molecular formula is C29H42FN3O9S2. The molecule has 0 radical (unpaired) electrons. The number of carboxylic acids is 3. The van der Waals surface area contributed by atoms with Crippen LogP contribution in [-0.4, -0.2) is 87.1 Å². The van der Waals surface area contributed by atoms with Gasteiger partial charge in [-0.05, 0) is 89.6 Å². The Morgan fingerprint density at radius 3 is 2.18 bits per heavy atom. The molecule has 2 aromatic heterocycles. The summed E-state index contributed by atoms with van der Waals surface area (Å²) < 4.78 is 41.2. The lowest BCUT2D eigenvalue weighted by Gasteiger charge is -2.38. The third-order valence-corrected chi connectivity index (χ3v) is 10.7. The molecule has 3 heterocycles. The minimum Gasteiger partial charge on any atom is -0.481 e. The number of sulfonamides is 1. The van der Waals surface area contributed by atoms with Crippen LogP contribution in [-0.2, 0) is 36.4 Å². The van der Waals surface area contributed by atoms with Crippen molar-refractivity contribution in [3.05, 3.63) is 51.7 Å². The molecule has 0 aliphatic carbocycles. The second-order valence-corrected chi connectivity index (χ2v) is 15.5. The number of carboxylic acid groups (broad SMARTS) is 3. The summed E-state index contributed by atoms with van der Waals surface area (Å²) in [5.74, 6) is -5.02. The number of carbonyl (C=O) groups is 3. The van der Waals surface area contributed by atoms with Gasteiger partial charge in [0.1, 0.15) is 0 Å². The van der Waals surface area contributed by atoms with Crippen LogP contribution in [0.15, 0.2) is 30.5 Å². The van der Waals surface area contributed by atoms with E-state index in [0.717, 1.165) is 48.5 Å². The number of likely N-dealkylation sites (tertiary alicyclic amines) is 1. The largest absolute Gasteiger partial charge is 0.481 e. The van der Waals surface area contributed by atoms with Gasteiger partial charge in [0, 0.05) is 35.4 Å². The van der Waals surface area contributed by atoms with Gasteiger partial charge in [-0.1, -0.05) is 6.07 Å². The zero-order valence-corrected chi connectivity index (χ0v) is 27.2. The highest BCUT2D eigenvalue weighted by molar-refractivity contribution is 7.90. The highest BCUT2D eigenvalue weighted by Gasteiger charge is 2.44. The summed E-state index contributed by atoms with van der Waals surface area (Å²) in [7, 11) is -3.35. The molecule has 1 saturated heterocycles. The zero-order chi connectivity index (χ0) is 33.5. The van der Waals surface area contributed by atoms with Crippen molar-refractivity contribution in [2.75, 3.05) is 19.6 Å². The molecule has 0 spiro atoms. The Morgan fingerprint density at radius 2 is 1.73 bits per heavy atom. The van der Waals surface area contributed by atoms with Crippen LogP contribution in [0.5, 0.6) is 0 Å². The van der Waals surface area contributed by atoms with E-state index in [1.54, 1.807) is 13.8 Å². The van der Waals surface area contributed by atoms with Gasteiger partial charge >= 0.3 is 17.9 Å². The number of hydrogen-bond acceptors (Lipinski definition) is 9. The molecule has 5 N–H and O–H groups in total. The Bertz CT molecular complexity index is 1400. The summed E-state index contributed by atoms with van der Waals surface area (Å²) in [6, 6.07) is 7.49. The summed E-state index contributed by atoms with van der Waals surface area (Å²) >= 11 is 1.18. The Morgan fingerprint density at radius 1 is 1.11 bits per heavy atom. The Labute approximate surface area is 261 Å². The van der Waals surface area contributed by atoms with Crippen molar-refractivity contribution in [3.8, 4) is 0 Å². The Kier molecular flexibility index (Phi) is 12.6. The quantitative estimate of drug-likeness (QED) is 0.200. The van der Waals surface area contributed by atoms with Gasteiger partial charge in [-0.15, -0.1) is 11.3 Å². The first-order valence-electron chi connectivity index (χ1n) is 14.0. The Hall–Kier alpha value is -2.98. The molecule has 44 heavy (non-hydrogen) atoms. The molecule has 0 unspecified atom stereocenters. The molecule has 0 aromatic carbocycles. The fourth-order valence-corrected chi connectivity index (χ4v) is 6.44. The van der Waals surface area contributed by atoms with Crippen LogP contribution in [0.25, 0.3) is 0 Å². The first-order chi connectivity index (χ1) is 20.2. The van der Waals surface area contributed by atoms with Crippen LogP contribution in [0.1, 0.15) is 69.5 Å². The van der Waals surface area contributed by atoms with Gasteiger partial charge in [-0.25, -0.2) is 17.9 Å². The van der Waals surface area contributed by atoms with E-state index in [2.05, 4.69) is 34.5 Å². The van der Waals surface area contributed by atoms with E-state index in [1.165, 1.54) is 17.4 Å². The van der Waals surface area contributed by atoms with Gasteiger partial charge in [0.25, 0.3) is 0 Å². The predicted octanol–water partition coefficient (Wildman–Crippen LogP) is 3.23. The number of nitrogens with zero attached hydrogens (tertiary/aromatic N) is 2. The van der Waals surface area contributed by atoms with E-state index in [9.17, 15) is 27.2 Å². The lowest BCUT2D eigenvalue weighted by molar-refractivity contribution is -0.170. The zero-order valence-electron chi connectivity index (χ0n) is 25.5. The van der Waals surface area contributed by atoms with Crippen molar-refractivity contribution in [1.82, 2.24) is 14.6 Å². The molecule has 3 rings (SSSR count). The highest BCUT2D eigenvalue weighted by atomic mass is 32.2. The maximum Gasteiger partial charge on any atom is 0.336 e. The molecule has 0 amide bonds. The van der Waals surface area contributed by atoms with Crippen molar-refractivity contribution in [2.24, 2.45) is 5.41 Å². The Balaban J connectivity index is 0.000000439. The molecule has 12 nitrogen and oxygen atoms in total. The fourth-order valence-electron chi connectivity index (χ4n) is 4.87. The SMILES string of the molecule is Cc1ccc(C(C)(C)N2CC[C@@](CCc3ccc(F)s3)(CNS(=O)(=O)C(C)C)C2)cn1.O=C(O)CC(O)(CC(=O)O)C(=O)O. The number of hydrogen-bond donors (Lipinski definition) is 5. The normalized spacial score (nSPS) is 17.7. The van der Waals surface area contributed by atoms with Crippen LogP contribution in [0.2, 0.25) is 0 Å². The number of halogens is 1. The molecule has 1 aliphatic rings. The molecule has 0 saturated carbocycles. The molecule has 15 heteroatoms. The highest BCUT2D eigenvalue weighted by Crippen LogP contribution is 2.41. The van der Waals surface area contributed by atoms with E-state index < -0.39 is 51.6 Å². The fraction of sp³-hybridized carbons (Fsp3) is 0.586. The van der Waals surface area contributed by atoms with Gasteiger partial charge in [0.2, 0.25) is 10.0 Å². The van der Waals surface area contributed by atoms with Gasteiger partial charge < -0.3 is 20.4 Å². The first-order valence-corrected chi connectivity index (χ1v) is 16.4. The minimum absolute atomic E-state index is 0.175. The molecule has 1 fully saturated rings. The van der Waals surface area contributed by atoms with Crippen molar-refractivity contribution >= 4 is 39.3 Å². The predicted molar refractivity (Wildman–Crippen MR) is 162 cm³/mol. The van der Waals surface area contributed by atoms with E-state index in [-0.39, 0.29) is 16.1 Å². The summed E-state index contributed by atoms with van der Waals surface area (Å²) in [5.41, 5.74) is -1.01. The van der Waals surface area contributed by atoms with Crippen molar-refractivity contribution in [3.63, 3.8) is 0 Å². The number of thiophene rings is 1. The van der Waals surface area contributed by atoms with Crippen LogP contribution in [0.3, 0.4) is 0 Å². The standard InChI is InChI=1S/C23H34FN3O2S2.C6H8O7/c1-17(2)31(28,29)26-15-23(11-10-20-8-9-21(24)30-20)12-13-27(16-23)22(4,5)19-7-6-18(3)25-14-19;7-3(8)1-6(13,5(11)12)2-4(9)10/h6-9,14,17,26H,10-13,15-16H2,1-5H3;13H,1-2H2,(H,7,8)(H,9,10)(H,11,12)/t23-;/m0./s1. The summed E-state index contributed by atoms with van der Waals surface area (Å²) in [6.45, 7) is 11.8. The van der Waals surface area contributed by atoms with Crippen LogP contribution in [0, 0.1) is 17.5 Å². The molecule has 2 aromatic rings. The minimum atomic E-state index is -3.35. The van der Waals surface area contributed by atoms with E-state index in [4.69, 9.17) is 20.4 Å². The van der Waals surface area contributed by atoms with Gasteiger partial charge in [0.05, 0.1) is 18.1 Å². The average Bonchev–Trinajstić information content (AvgIpc) is 3.53. The van der Waals surface area contributed by atoms with E-state index >= 15 is 0 Å². The summed E-state index contributed by atoms with van der Waals surface area (Å²) in [6.07, 6.45) is 2.10. The number of aliphatic carboxylic acids is 3. The second-order valence-electron chi connectivity index (χ2n) is 12.0. The second kappa shape index (κ2) is 14.9. The third-order valence-electron chi connectivity index (χ3n) is 7.93. The lowest BCUT2D eigenvalue weighted by atomic mass is 9.82. The van der Waals surface area contributed by atoms with Gasteiger partial charge in [-0.3, -0.25) is 19.5 Å².